The zero-order valence-electron chi connectivity index (χ0n) is 26.8. The van der Waals surface area contributed by atoms with Crippen LogP contribution in [0.4, 0.5) is 9.18 Å². The summed E-state index contributed by atoms with van der Waals surface area (Å²) >= 11 is 9.07. The summed E-state index contributed by atoms with van der Waals surface area (Å²) in [6, 6.07) is -0.866. The van der Waals surface area contributed by atoms with Crippen molar-refractivity contribution in [1.29, 1.82) is 0 Å². The van der Waals surface area contributed by atoms with Gasteiger partial charge in [0.1, 0.15) is 6.17 Å². The average molecular weight is 668 g/mol. The number of fused-ring (bicyclic) bond motifs is 5. The number of piperidine rings is 2. The van der Waals surface area contributed by atoms with Gasteiger partial charge < -0.3 is 25.8 Å². The predicted octanol–water partition coefficient (Wildman–Crippen LogP) is 2.48. The lowest BCUT2D eigenvalue weighted by Crippen LogP contribution is -2.80. The quantitative estimate of drug-likeness (QED) is 0.271. The van der Waals surface area contributed by atoms with Crippen molar-refractivity contribution in [3.8, 4) is 0 Å². The molecule has 45 heavy (non-hydrogen) atoms. The summed E-state index contributed by atoms with van der Waals surface area (Å²) in [4.78, 5) is 46.3. The number of nitrogens with one attached hydrogen (secondary N) is 4. The molecule has 5 heterocycles. The summed E-state index contributed by atoms with van der Waals surface area (Å²) in [6.07, 6.45) is 3.37. The van der Waals surface area contributed by atoms with Gasteiger partial charge in [0.15, 0.2) is 0 Å². The third kappa shape index (κ3) is 6.47. The second kappa shape index (κ2) is 13.9. The molecular weight excluding hydrogens is 617 g/mol. The third-order valence-electron chi connectivity index (χ3n) is 11.3. The lowest BCUT2D eigenvalue weighted by molar-refractivity contribution is -0.131. The van der Waals surface area contributed by atoms with E-state index < -0.39 is 18.1 Å². The second-order valence-corrected chi connectivity index (χ2v) is 16.2. The second-order valence-electron chi connectivity index (χ2n) is 14.3. The molecular formula is C32H51ClFN7O3S. The van der Waals surface area contributed by atoms with Gasteiger partial charge in [-0.05, 0) is 57.6 Å². The number of carbonyl (C=O) groups is 3. The summed E-state index contributed by atoms with van der Waals surface area (Å²) in [5.41, 5.74) is 0. The fourth-order valence-corrected chi connectivity index (χ4v) is 11.0. The van der Waals surface area contributed by atoms with Crippen LogP contribution in [0.5, 0.6) is 0 Å². The number of carbonyl (C=O) groups excluding carboxylic acids is 3. The fraction of sp³-hybridized carbons (Fsp3) is 0.844. The Kier molecular flexibility index (Phi) is 10.3. The molecule has 5 saturated heterocycles. The Morgan fingerprint density at radius 1 is 1.16 bits per heavy atom. The summed E-state index contributed by atoms with van der Waals surface area (Å²) < 4.78 is 16.0. The van der Waals surface area contributed by atoms with Crippen molar-refractivity contribution in [2.24, 2.45) is 17.8 Å². The van der Waals surface area contributed by atoms with E-state index in [2.05, 4.69) is 53.5 Å². The largest absolute Gasteiger partial charge is 0.353 e. The molecule has 11 unspecified atom stereocenters. The van der Waals surface area contributed by atoms with Gasteiger partial charge >= 0.3 is 6.03 Å². The van der Waals surface area contributed by atoms with Crippen molar-refractivity contribution in [3.05, 3.63) is 12.7 Å². The molecule has 0 aromatic rings. The number of hydrogen-bond donors (Lipinski definition) is 4. The van der Waals surface area contributed by atoms with Crippen LogP contribution in [0.15, 0.2) is 12.7 Å². The van der Waals surface area contributed by atoms with E-state index in [1.54, 1.807) is 11.8 Å². The van der Waals surface area contributed by atoms with Gasteiger partial charge in [-0.1, -0.05) is 20.4 Å². The summed E-state index contributed by atoms with van der Waals surface area (Å²) in [7, 11) is 0. The molecule has 4 amide bonds. The van der Waals surface area contributed by atoms with Crippen LogP contribution in [0.3, 0.4) is 0 Å². The standard InChI is InChI=1S/C32H51ClFN7O3S/c1-5-25(43)39-12-13-40(18(4)16-39)30-19-15-20(33)28-26-21(34)7-6-8-22(26)36-24(42)10-14-45-23-9-11-35-27(17(2)3)29(23)41(31(19)37-28)32(44)38-30/h5,17-23,26-31,35,37H,1,6-16H2,2-4H3,(H,36,42)(H,38,44)/t18-,19?,20?,21?,22?,23?,26?,27?,28?,29?,30?,31?/m0/s1. The highest BCUT2D eigenvalue weighted by Crippen LogP contribution is 2.43. The van der Waals surface area contributed by atoms with Crippen LogP contribution in [0, 0.1) is 17.8 Å². The van der Waals surface area contributed by atoms with Gasteiger partial charge in [-0.3, -0.25) is 19.8 Å². The molecule has 6 fully saturated rings. The first-order valence-electron chi connectivity index (χ1n) is 17.0. The number of nitrogens with zero attached hydrogens (tertiary/aromatic N) is 3. The highest BCUT2D eigenvalue weighted by atomic mass is 35.5. The number of urea groups is 1. The minimum absolute atomic E-state index is 0.0111. The number of amides is 4. The minimum atomic E-state index is -1.09. The molecule has 1 aliphatic carbocycles. The number of thioether (sulfide) groups is 1. The number of piperazine rings is 1. The lowest BCUT2D eigenvalue weighted by Gasteiger charge is -2.60. The maximum atomic E-state index is 16.0. The molecule has 13 heteroatoms. The van der Waals surface area contributed by atoms with E-state index in [4.69, 9.17) is 11.6 Å². The molecule has 252 valence electrons. The van der Waals surface area contributed by atoms with E-state index in [0.29, 0.717) is 44.6 Å². The molecule has 0 aromatic heterocycles. The Balaban J connectivity index is 1.39. The van der Waals surface area contributed by atoms with Crippen molar-refractivity contribution >= 4 is 41.2 Å². The first-order chi connectivity index (χ1) is 21.6. The Bertz CT molecular complexity index is 1140. The number of hydrogen-bond acceptors (Lipinski definition) is 7. The van der Waals surface area contributed by atoms with Crippen LogP contribution in [-0.4, -0.2) is 124 Å². The topological polar surface area (TPSA) is 109 Å². The van der Waals surface area contributed by atoms with E-state index >= 15 is 4.39 Å². The fourth-order valence-electron chi connectivity index (χ4n) is 9.17. The van der Waals surface area contributed by atoms with E-state index in [9.17, 15) is 14.4 Å². The van der Waals surface area contributed by atoms with Gasteiger partial charge in [-0.25, -0.2) is 9.18 Å². The van der Waals surface area contributed by atoms with Gasteiger partial charge in [0.05, 0.1) is 18.4 Å². The Morgan fingerprint density at radius 3 is 2.69 bits per heavy atom. The smallest absolute Gasteiger partial charge is 0.320 e. The van der Waals surface area contributed by atoms with Gasteiger partial charge in [-0.15, -0.1) is 11.6 Å². The summed E-state index contributed by atoms with van der Waals surface area (Å²) in [6.45, 7) is 12.7. The first-order valence-corrected chi connectivity index (χ1v) is 18.5. The van der Waals surface area contributed by atoms with Gasteiger partial charge in [0, 0.05) is 78.4 Å². The normalized spacial score (nSPS) is 43.1. The highest BCUT2D eigenvalue weighted by molar-refractivity contribution is 8.00. The van der Waals surface area contributed by atoms with Gasteiger partial charge in [-0.2, -0.15) is 11.8 Å². The van der Waals surface area contributed by atoms with E-state index in [1.807, 2.05) is 9.80 Å². The lowest BCUT2D eigenvalue weighted by atomic mass is 9.73. The molecule has 2 bridgehead atoms. The molecule has 1 saturated carbocycles. The number of halogens is 2. The van der Waals surface area contributed by atoms with Crippen molar-refractivity contribution in [3.63, 3.8) is 0 Å². The van der Waals surface area contributed by atoms with Crippen LogP contribution in [-0.2, 0) is 9.59 Å². The average Bonchev–Trinajstić information content (AvgIpc) is 3.01. The number of alkyl halides is 2. The molecule has 0 spiro atoms. The monoisotopic (exact) mass is 667 g/mol. The van der Waals surface area contributed by atoms with Crippen molar-refractivity contribution < 1.29 is 18.8 Å². The van der Waals surface area contributed by atoms with E-state index in [0.717, 1.165) is 25.8 Å². The Hall–Kier alpha value is -1.60. The van der Waals surface area contributed by atoms with Gasteiger partial charge in [0.2, 0.25) is 11.8 Å². The molecule has 12 atom stereocenters. The molecule has 10 nitrogen and oxygen atoms in total. The van der Waals surface area contributed by atoms with Crippen LogP contribution >= 0.6 is 23.4 Å². The molecule has 4 N–H and O–H groups in total. The minimum Gasteiger partial charge on any atom is -0.353 e. The molecule has 6 aliphatic rings. The maximum absolute atomic E-state index is 16.0. The SMILES string of the molecule is C=CC(=O)N1CCN(C2NC(=O)N3C4NC(C(Cl)CC42)C2C(F)CCCC2NC(=O)CCSC2CCNC(C(C)C)C23)[C@@H](C)C1. The van der Waals surface area contributed by atoms with Crippen LogP contribution < -0.4 is 21.3 Å². The predicted molar refractivity (Wildman–Crippen MR) is 176 cm³/mol. The Labute approximate surface area is 276 Å². The molecule has 0 radical (unpaired) electrons. The van der Waals surface area contributed by atoms with Crippen molar-refractivity contribution in [2.45, 2.75) is 119 Å². The third-order valence-corrected chi connectivity index (χ3v) is 13.1. The zero-order valence-corrected chi connectivity index (χ0v) is 28.4. The number of rotatable bonds is 3. The van der Waals surface area contributed by atoms with E-state index in [1.165, 1.54) is 6.08 Å². The zero-order chi connectivity index (χ0) is 32.0. The van der Waals surface area contributed by atoms with Gasteiger partial charge in [0.25, 0.3) is 0 Å². The molecule has 5 aliphatic heterocycles. The van der Waals surface area contributed by atoms with Crippen LogP contribution in [0.25, 0.3) is 0 Å². The molecule has 6 rings (SSSR count). The van der Waals surface area contributed by atoms with Crippen molar-refractivity contribution in [2.75, 3.05) is 31.9 Å². The van der Waals surface area contributed by atoms with Crippen LogP contribution in [0.1, 0.15) is 59.3 Å². The first kappa shape index (κ1) is 33.3. The highest BCUT2D eigenvalue weighted by Gasteiger charge is 2.57. The van der Waals surface area contributed by atoms with Crippen molar-refractivity contribution in [1.82, 2.24) is 36.0 Å². The summed E-state index contributed by atoms with van der Waals surface area (Å²) in [5, 5.41) is 14.0. The van der Waals surface area contributed by atoms with Crippen LogP contribution in [0.2, 0.25) is 0 Å². The van der Waals surface area contributed by atoms with E-state index in [-0.39, 0.29) is 76.8 Å². The summed E-state index contributed by atoms with van der Waals surface area (Å²) in [5.74, 6) is 0.275. The Morgan fingerprint density at radius 2 is 1.96 bits per heavy atom. The molecule has 0 aromatic carbocycles. The maximum Gasteiger partial charge on any atom is 0.320 e.